The number of nitrogens with zero attached hydrogens (tertiary/aromatic N) is 3. The van der Waals surface area contributed by atoms with Crippen LogP contribution >= 0.6 is 0 Å². The Labute approximate surface area is 182 Å². The Morgan fingerprint density at radius 3 is 2.65 bits per heavy atom. The summed E-state index contributed by atoms with van der Waals surface area (Å²) in [4.78, 5) is 5.94. The molecule has 6 heteroatoms. The first kappa shape index (κ1) is 19.7. The molecule has 6 nitrogen and oxygen atoms in total. The molecule has 1 atom stereocenters. The van der Waals surface area contributed by atoms with E-state index in [0.29, 0.717) is 6.04 Å². The maximum absolute atomic E-state index is 5.80. The Hall–Kier alpha value is -3.22. The molecule has 0 saturated carbocycles. The highest BCUT2D eigenvalue weighted by Crippen LogP contribution is 2.22. The largest absolute Gasteiger partial charge is 0.463 e. The number of likely N-dealkylation sites (tertiary alicyclic amines) is 1. The molecular formula is C25H29N5O+2. The standard InChI is InChI=1S/C25H27N5O/c1-2-9-22(10-3-1)30-19-21(25(28-30)20-8-6-12-26-16-20)17-27-18-23(24-11-7-15-31-24)29-13-4-5-14-29/h1-3,6-12,15-16,19,23,27H,4-5,13-14,17-18H2/p+2/t23-/m0/s1. The van der Waals surface area contributed by atoms with E-state index in [1.807, 2.05) is 41.2 Å². The molecule has 0 radical (unpaired) electrons. The number of furan rings is 1. The van der Waals surface area contributed by atoms with E-state index in [-0.39, 0.29) is 0 Å². The van der Waals surface area contributed by atoms with Crippen LogP contribution in [0.3, 0.4) is 0 Å². The van der Waals surface area contributed by atoms with Crippen LogP contribution in [0.2, 0.25) is 0 Å². The highest BCUT2D eigenvalue weighted by Gasteiger charge is 2.31. The highest BCUT2D eigenvalue weighted by atomic mass is 16.3. The van der Waals surface area contributed by atoms with Gasteiger partial charge in [-0.1, -0.05) is 18.2 Å². The average Bonchev–Trinajstić information content (AvgIpc) is 3.60. The van der Waals surface area contributed by atoms with Gasteiger partial charge in [0, 0.05) is 37.0 Å². The molecule has 0 bridgehead atoms. The van der Waals surface area contributed by atoms with E-state index in [1.54, 1.807) is 17.4 Å². The van der Waals surface area contributed by atoms with Crippen molar-refractivity contribution >= 4 is 0 Å². The maximum Gasteiger partial charge on any atom is 0.195 e. The summed E-state index contributed by atoms with van der Waals surface area (Å²) < 4.78 is 7.77. The summed E-state index contributed by atoms with van der Waals surface area (Å²) in [5, 5.41) is 7.30. The first-order valence-corrected chi connectivity index (χ1v) is 11.1. The summed E-state index contributed by atoms with van der Waals surface area (Å²) in [6, 6.07) is 18.8. The number of hydrogen-bond donors (Lipinski definition) is 2. The quantitative estimate of drug-likeness (QED) is 0.463. The van der Waals surface area contributed by atoms with E-state index < -0.39 is 0 Å². The van der Waals surface area contributed by atoms with Gasteiger partial charge in [-0.2, -0.15) is 5.10 Å². The molecule has 4 aromatic rings. The van der Waals surface area contributed by atoms with Crippen LogP contribution in [0.5, 0.6) is 0 Å². The smallest absolute Gasteiger partial charge is 0.195 e. The van der Waals surface area contributed by atoms with Crippen LogP contribution in [0.25, 0.3) is 16.9 Å². The van der Waals surface area contributed by atoms with Crippen LogP contribution < -0.4 is 10.2 Å². The van der Waals surface area contributed by atoms with Gasteiger partial charge in [0.05, 0.1) is 30.6 Å². The minimum Gasteiger partial charge on any atom is -0.463 e. The third-order valence-electron chi connectivity index (χ3n) is 6.14. The fourth-order valence-corrected chi connectivity index (χ4v) is 4.57. The number of rotatable bonds is 8. The Morgan fingerprint density at radius 1 is 1.03 bits per heavy atom. The van der Waals surface area contributed by atoms with Crippen molar-refractivity contribution in [3.63, 3.8) is 0 Å². The number of nitrogens with two attached hydrogens (primary N) is 1. The lowest BCUT2D eigenvalue weighted by molar-refractivity contribution is -0.936. The summed E-state index contributed by atoms with van der Waals surface area (Å²) >= 11 is 0. The minimum atomic E-state index is 0.392. The lowest BCUT2D eigenvalue weighted by atomic mass is 10.1. The zero-order valence-electron chi connectivity index (χ0n) is 17.7. The van der Waals surface area contributed by atoms with Gasteiger partial charge in [0.25, 0.3) is 0 Å². The first-order valence-electron chi connectivity index (χ1n) is 11.1. The summed E-state index contributed by atoms with van der Waals surface area (Å²) in [5.74, 6) is 1.10. The lowest BCUT2D eigenvalue weighted by Gasteiger charge is -2.21. The number of para-hydroxylation sites is 1. The molecular weight excluding hydrogens is 386 g/mol. The van der Waals surface area contributed by atoms with Crippen molar-refractivity contribution in [2.75, 3.05) is 19.6 Å². The second kappa shape index (κ2) is 9.29. The molecule has 0 aliphatic carbocycles. The average molecular weight is 416 g/mol. The topological polar surface area (TPSA) is 64.9 Å². The molecule has 3 N–H and O–H groups in total. The monoisotopic (exact) mass is 415 g/mol. The van der Waals surface area contributed by atoms with Crippen LogP contribution in [0, 0.1) is 0 Å². The molecule has 1 aliphatic heterocycles. The minimum absolute atomic E-state index is 0.392. The molecule has 1 aromatic carbocycles. The molecule has 0 amide bonds. The molecule has 1 aliphatic rings. The van der Waals surface area contributed by atoms with Crippen molar-refractivity contribution in [1.82, 2.24) is 14.8 Å². The maximum atomic E-state index is 5.80. The number of quaternary nitrogens is 2. The van der Waals surface area contributed by atoms with Crippen molar-refractivity contribution in [3.8, 4) is 16.9 Å². The molecule has 158 valence electrons. The molecule has 3 aromatic heterocycles. The fourth-order valence-electron chi connectivity index (χ4n) is 4.57. The molecule has 31 heavy (non-hydrogen) atoms. The predicted octanol–water partition coefficient (Wildman–Crippen LogP) is 2.01. The van der Waals surface area contributed by atoms with Gasteiger partial charge in [-0.25, -0.2) is 4.68 Å². The molecule has 0 spiro atoms. The first-order chi connectivity index (χ1) is 15.4. The number of nitrogens with one attached hydrogen (secondary N) is 1. The van der Waals surface area contributed by atoms with Gasteiger partial charge in [-0.15, -0.1) is 0 Å². The number of aromatic nitrogens is 3. The van der Waals surface area contributed by atoms with Gasteiger partial charge in [0.15, 0.2) is 11.8 Å². The normalized spacial score (nSPS) is 15.4. The Balaban J connectivity index is 1.37. The third-order valence-corrected chi connectivity index (χ3v) is 6.14. The second-order valence-corrected chi connectivity index (χ2v) is 8.19. The van der Waals surface area contributed by atoms with Crippen molar-refractivity contribution in [2.24, 2.45) is 0 Å². The zero-order chi connectivity index (χ0) is 20.9. The number of benzene rings is 1. The Bertz CT molecular complexity index is 1070. The summed E-state index contributed by atoms with van der Waals surface area (Å²) in [7, 11) is 0. The summed E-state index contributed by atoms with van der Waals surface area (Å²) in [6.07, 6.45) is 10.3. The van der Waals surface area contributed by atoms with Gasteiger partial charge in [0.2, 0.25) is 0 Å². The number of pyridine rings is 1. The van der Waals surface area contributed by atoms with Gasteiger partial charge in [-0.3, -0.25) is 4.98 Å². The van der Waals surface area contributed by atoms with E-state index in [9.17, 15) is 0 Å². The van der Waals surface area contributed by atoms with E-state index in [0.717, 1.165) is 35.8 Å². The lowest BCUT2D eigenvalue weighted by Crippen LogP contribution is -3.13. The molecule has 0 unspecified atom stereocenters. The number of hydrogen-bond acceptors (Lipinski definition) is 3. The van der Waals surface area contributed by atoms with Crippen LogP contribution in [0.15, 0.2) is 83.9 Å². The van der Waals surface area contributed by atoms with Gasteiger partial charge in [0.1, 0.15) is 18.8 Å². The second-order valence-electron chi connectivity index (χ2n) is 8.19. The Kier molecular flexibility index (Phi) is 5.91. The van der Waals surface area contributed by atoms with Gasteiger partial charge in [-0.05, 0) is 36.4 Å². The molecule has 5 rings (SSSR count). The van der Waals surface area contributed by atoms with Gasteiger partial charge >= 0.3 is 0 Å². The third kappa shape index (κ3) is 4.45. The van der Waals surface area contributed by atoms with E-state index in [4.69, 9.17) is 9.52 Å². The van der Waals surface area contributed by atoms with Crippen molar-refractivity contribution in [1.29, 1.82) is 0 Å². The van der Waals surface area contributed by atoms with Crippen LogP contribution in [-0.4, -0.2) is 34.4 Å². The SMILES string of the molecule is c1ccc(-n2cc(C[NH2+]C[C@@H](c3ccco3)[NH+]3CCCC3)c(-c3cccnc3)n2)cc1. The van der Waals surface area contributed by atoms with E-state index in [2.05, 4.69) is 40.8 Å². The van der Waals surface area contributed by atoms with Crippen molar-refractivity contribution < 1.29 is 14.6 Å². The van der Waals surface area contributed by atoms with Crippen LogP contribution in [-0.2, 0) is 6.54 Å². The van der Waals surface area contributed by atoms with Crippen molar-refractivity contribution in [2.45, 2.75) is 25.4 Å². The van der Waals surface area contributed by atoms with E-state index >= 15 is 0 Å². The van der Waals surface area contributed by atoms with Crippen LogP contribution in [0.1, 0.15) is 30.2 Å². The van der Waals surface area contributed by atoms with Crippen molar-refractivity contribution in [3.05, 3.63) is 90.8 Å². The summed E-state index contributed by atoms with van der Waals surface area (Å²) in [6.45, 7) is 4.31. The van der Waals surface area contributed by atoms with E-state index in [1.165, 1.54) is 31.5 Å². The molecule has 1 fully saturated rings. The zero-order valence-corrected chi connectivity index (χ0v) is 17.7. The Morgan fingerprint density at radius 2 is 1.90 bits per heavy atom. The fraction of sp³-hybridized carbons (Fsp3) is 0.280. The highest BCUT2D eigenvalue weighted by molar-refractivity contribution is 5.61. The molecule has 4 heterocycles. The molecule has 1 saturated heterocycles. The summed E-state index contributed by atoms with van der Waals surface area (Å²) in [5.41, 5.74) is 4.32. The van der Waals surface area contributed by atoms with Gasteiger partial charge < -0.3 is 14.6 Å². The van der Waals surface area contributed by atoms with Crippen LogP contribution in [0.4, 0.5) is 0 Å². The predicted molar refractivity (Wildman–Crippen MR) is 119 cm³/mol.